The second-order valence-corrected chi connectivity index (χ2v) is 9.80. The highest BCUT2D eigenvalue weighted by Gasteiger charge is 2.22. The number of aromatic nitrogens is 2. The average molecular weight is 494 g/mol. The van der Waals surface area contributed by atoms with Crippen LogP contribution in [0.25, 0.3) is 0 Å². The molecule has 2 N–H and O–H groups in total. The summed E-state index contributed by atoms with van der Waals surface area (Å²) < 4.78 is 30.8. The lowest BCUT2D eigenvalue weighted by Gasteiger charge is -2.07. The van der Waals surface area contributed by atoms with Gasteiger partial charge in [0.2, 0.25) is 15.7 Å². The molecule has 1 aromatic heterocycles. The van der Waals surface area contributed by atoms with Crippen molar-refractivity contribution in [3.63, 3.8) is 0 Å². The molecule has 3 aromatic rings. The number of carbonyl (C=O) groups is 1. The van der Waals surface area contributed by atoms with E-state index in [4.69, 9.17) is 16.3 Å². The van der Waals surface area contributed by atoms with E-state index in [1.807, 2.05) is 6.92 Å². The Morgan fingerprint density at radius 3 is 2.47 bits per heavy atom. The molecule has 0 atom stereocenters. The van der Waals surface area contributed by atoms with E-state index in [0.717, 1.165) is 23.5 Å². The van der Waals surface area contributed by atoms with Crippen LogP contribution in [0.4, 0.5) is 0 Å². The van der Waals surface area contributed by atoms with Crippen molar-refractivity contribution in [1.29, 1.82) is 0 Å². The maximum atomic E-state index is 12.8. The van der Waals surface area contributed by atoms with Crippen LogP contribution in [0.15, 0.2) is 74.5 Å². The summed E-state index contributed by atoms with van der Waals surface area (Å²) in [5.74, 6) is 0.264. The quantitative estimate of drug-likeness (QED) is 0.347. The number of rotatable bonds is 9. The van der Waals surface area contributed by atoms with Gasteiger partial charge in [-0.1, -0.05) is 35.5 Å². The molecular weight excluding hydrogens is 474 g/mol. The molecule has 3 rings (SSSR count). The summed E-state index contributed by atoms with van der Waals surface area (Å²) in [4.78, 5) is 30.3. The van der Waals surface area contributed by atoms with Crippen LogP contribution in [-0.4, -0.2) is 36.7 Å². The van der Waals surface area contributed by atoms with Gasteiger partial charge in [0.05, 0.1) is 23.5 Å². The Morgan fingerprint density at radius 2 is 1.84 bits per heavy atom. The van der Waals surface area contributed by atoms with Crippen LogP contribution in [0.3, 0.4) is 0 Å². The number of sulfone groups is 1. The zero-order valence-electron chi connectivity index (χ0n) is 17.0. The predicted octanol–water partition coefficient (Wildman–Crippen LogP) is 3.06. The molecule has 0 fully saturated rings. The molecule has 0 spiro atoms. The first-order valence-corrected chi connectivity index (χ1v) is 12.4. The molecule has 0 saturated heterocycles. The zero-order chi connectivity index (χ0) is 23.1. The normalized spacial score (nSPS) is 11.2. The predicted molar refractivity (Wildman–Crippen MR) is 122 cm³/mol. The van der Waals surface area contributed by atoms with Crippen LogP contribution in [0.1, 0.15) is 12.5 Å². The minimum atomic E-state index is -4.05. The number of nitrogens with one attached hydrogen (secondary N) is 2. The number of nitrogens with zero attached hydrogens (tertiary/aromatic N) is 1. The van der Waals surface area contributed by atoms with Gasteiger partial charge in [-0.25, -0.2) is 13.4 Å². The van der Waals surface area contributed by atoms with E-state index in [1.54, 1.807) is 24.3 Å². The number of H-pyrrole nitrogens is 1. The van der Waals surface area contributed by atoms with Crippen LogP contribution >= 0.6 is 23.4 Å². The summed E-state index contributed by atoms with van der Waals surface area (Å²) in [6.07, 6.45) is 0.999. The molecule has 168 valence electrons. The lowest BCUT2D eigenvalue weighted by atomic mass is 10.2. The van der Waals surface area contributed by atoms with Gasteiger partial charge >= 0.3 is 0 Å². The highest BCUT2D eigenvalue weighted by molar-refractivity contribution is 7.99. The number of carbonyl (C=O) groups excluding carboxylic acids is 1. The maximum Gasteiger partial charge on any atom is 0.270 e. The standard InChI is InChI=1S/C21H20ClN3O5S2/c1-2-30-16-7-9-17(10-8-16)32(28,29)18-12-24-21(25-20(18)27)31-13-19(26)23-11-14-3-5-15(22)6-4-14/h3-10,12H,2,11,13H2,1H3,(H,23,26)(H,24,25,27). The first-order valence-electron chi connectivity index (χ1n) is 9.51. The number of halogens is 1. The average Bonchev–Trinajstić information content (AvgIpc) is 2.78. The van der Waals surface area contributed by atoms with Crippen molar-refractivity contribution < 1.29 is 17.9 Å². The highest BCUT2D eigenvalue weighted by Crippen LogP contribution is 2.21. The van der Waals surface area contributed by atoms with E-state index in [2.05, 4.69) is 15.3 Å². The highest BCUT2D eigenvalue weighted by atomic mass is 35.5. The Morgan fingerprint density at radius 1 is 1.16 bits per heavy atom. The molecule has 0 aliphatic rings. The van der Waals surface area contributed by atoms with Crippen molar-refractivity contribution in [1.82, 2.24) is 15.3 Å². The molecule has 0 radical (unpaired) electrons. The minimum absolute atomic E-state index is 0.00151. The van der Waals surface area contributed by atoms with Crippen LogP contribution in [0, 0.1) is 0 Å². The van der Waals surface area contributed by atoms with Gasteiger partial charge in [0.1, 0.15) is 5.75 Å². The van der Waals surface area contributed by atoms with Gasteiger partial charge in [0, 0.05) is 11.6 Å². The Labute approximate surface area is 194 Å². The number of benzene rings is 2. The topological polar surface area (TPSA) is 118 Å². The molecule has 1 heterocycles. The third-order valence-electron chi connectivity index (χ3n) is 4.22. The molecular formula is C21H20ClN3O5S2. The lowest BCUT2D eigenvalue weighted by Crippen LogP contribution is -2.25. The second kappa shape index (κ2) is 10.7. The van der Waals surface area contributed by atoms with E-state index in [0.29, 0.717) is 23.9 Å². The fourth-order valence-electron chi connectivity index (χ4n) is 2.63. The molecule has 0 saturated carbocycles. The van der Waals surface area contributed by atoms with Gasteiger partial charge in [-0.15, -0.1) is 0 Å². The van der Waals surface area contributed by atoms with Gasteiger partial charge in [-0.2, -0.15) is 0 Å². The van der Waals surface area contributed by atoms with E-state index in [9.17, 15) is 18.0 Å². The fraction of sp³-hybridized carbons (Fsp3) is 0.190. The third kappa shape index (κ3) is 6.12. The number of amides is 1. The number of hydrogen-bond acceptors (Lipinski definition) is 7. The second-order valence-electron chi connectivity index (χ2n) is 6.48. The van der Waals surface area contributed by atoms with Crippen molar-refractivity contribution in [2.24, 2.45) is 0 Å². The van der Waals surface area contributed by atoms with Gasteiger partial charge in [0.25, 0.3) is 5.56 Å². The molecule has 0 aliphatic heterocycles. The van der Waals surface area contributed by atoms with Crippen LogP contribution in [0.5, 0.6) is 5.75 Å². The Hall–Kier alpha value is -2.82. The maximum absolute atomic E-state index is 12.8. The SMILES string of the molecule is CCOc1ccc(S(=O)(=O)c2cnc(SCC(=O)NCc3ccc(Cl)cc3)[nH]c2=O)cc1. The minimum Gasteiger partial charge on any atom is -0.494 e. The third-order valence-corrected chi connectivity index (χ3v) is 7.12. The molecule has 1 amide bonds. The Bertz CT molecular complexity index is 1240. The van der Waals surface area contributed by atoms with E-state index in [-0.39, 0.29) is 21.7 Å². The lowest BCUT2D eigenvalue weighted by molar-refractivity contribution is -0.118. The van der Waals surface area contributed by atoms with Gasteiger partial charge in [0.15, 0.2) is 10.1 Å². The van der Waals surface area contributed by atoms with Gasteiger partial charge in [-0.05, 0) is 48.9 Å². The molecule has 8 nitrogen and oxygen atoms in total. The smallest absolute Gasteiger partial charge is 0.270 e. The Kier molecular flexibility index (Phi) is 7.94. The van der Waals surface area contributed by atoms with Gasteiger partial charge in [-0.3, -0.25) is 9.59 Å². The number of aromatic amines is 1. The van der Waals surface area contributed by atoms with E-state index >= 15 is 0 Å². The number of hydrogen-bond donors (Lipinski definition) is 2. The molecule has 0 bridgehead atoms. The van der Waals surface area contributed by atoms with Crippen molar-refractivity contribution in [3.05, 3.63) is 75.7 Å². The monoisotopic (exact) mass is 493 g/mol. The van der Waals surface area contributed by atoms with Crippen LogP contribution < -0.4 is 15.6 Å². The first-order chi connectivity index (χ1) is 15.3. The molecule has 32 heavy (non-hydrogen) atoms. The van der Waals surface area contributed by atoms with Crippen molar-refractivity contribution >= 4 is 39.1 Å². The summed E-state index contributed by atoms with van der Waals surface area (Å²) in [6, 6.07) is 12.8. The van der Waals surface area contributed by atoms with E-state index in [1.165, 1.54) is 24.3 Å². The fourth-order valence-corrected chi connectivity index (χ4v) is 4.65. The summed E-state index contributed by atoms with van der Waals surface area (Å²) in [6.45, 7) is 2.60. The Balaban J connectivity index is 1.62. The largest absolute Gasteiger partial charge is 0.494 e. The molecule has 2 aromatic carbocycles. The number of ether oxygens (including phenoxy) is 1. The summed E-state index contributed by atoms with van der Waals surface area (Å²) in [7, 11) is -4.05. The summed E-state index contributed by atoms with van der Waals surface area (Å²) in [5.41, 5.74) is 0.0843. The van der Waals surface area contributed by atoms with E-state index < -0.39 is 20.3 Å². The molecule has 0 aliphatic carbocycles. The molecule has 11 heteroatoms. The number of thioether (sulfide) groups is 1. The van der Waals surface area contributed by atoms with Crippen molar-refractivity contribution in [2.75, 3.05) is 12.4 Å². The zero-order valence-corrected chi connectivity index (χ0v) is 19.4. The van der Waals surface area contributed by atoms with Crippen LogP contribution in [-0.2, 0) is 21.2 Å². The summed E-state index contributed by atoms with van der Waals surface area (Å²) >= 11 is 6.82. The molecule has 0 unspecified atom stereocenters. The summed E-state index contributed by atoms with van der Waals surface area (Å²) in [5, 5.41) is 3.50. The van der Waals surface area contributed by atoms with Crippen molar-refractivity contribution in [2.45, 2.75) is 28.4 Å². The first kappa shape index (κ1) is 23.8. The van der Waals surface area contributed by atoms with Crippen molar-refractivity contribution in [3.8, 4) is 5.75 Å². The van der Waals surface area contributed by atoms with Crippen LogP contribution in [0.2, 0.25) is 5.02 Å². The van der Waals surface area contributed by atoms with Gasteiger partial charge < -0.3 is 15.0 Å².